The molecule has 0 saturated heterocycles. The molecule has 2 N–H and O–H groups in total. The Morgan fingerprint density at radius 3 is 2.52 bits per heavy atom. The summed E-state index contributed by atoms with van der Waals surface area (Å²) in [6.07, 6.45) is 1.36. The number of carbonyl (C=O) groups is 2. The first kappa shape index (κ1) is 20.8. The lowest BCUT2D eigenvalue weighted by molar-refractivity contribution is -0.117. The molecule has 4 rings (SSSR count). The molecule has 2 aromatic carbocycles. The SMILES string of the molecule is COc1ccc(NC(=O)C2CCc3sc(NC(=O)c4ccc(F)cc4)nc32)cc1OC. The molecule has 3 aromatic rings. The molecule has 1 heterocycles. The summed E-state index contributed by atoms with van der Waals surface area (Å²) >= 11 is 1.35. The molecule has 1 aliphatic carbocycles. The number of fused-ring (bicyclic) bond motifs is 1. The van der Waals surface area contributed by atoms with Gasteiger partial charge in [0, 0.05) is 22.2 Å². The third-order valence-corrected chi connectivity index (χ3v) is 6.06. The van der Waals surface area contributed by atoms with Gasteiger partial charge in [-0.25, -0.2) is 9.37 Å². The number of halogens is 1. The van der Waals surface area contributed by atoms with Gasteiger partial charge in [-0.3, -0.25) is 14.9 Å². The zero-order valence-electron chi connectivity index (χ0n) is 16.9. The van der Waals surface area contributed by atoms with E-state index in [4.69, 9.17) is 9.47 Å². The number of ether oxygens (including phenoxy) is 2. The molecule has 0 bridgehead atoms. The molecular weight excluding hydrogens is 421 g/mol. The fourth-order valence-corrected chi connectivity index (χ4v) is 4.48. The maximum Gasteiger partial charge on any atom is 0.257 e. The van der Waals surface area contributed by atoms with E-state index >= 15 is 0 Å². The molecular formula is C22H20FN3O4S. The van der Waals surface area contributed by atoms with E-state index < -0.39 is 11.7 Å². The second-order valence-electron chi connectivity index (χ2n) is 6.94. The molecule has 0 spiro atoms. The van der Waals surface area contributed by atoms with Gasteiger partial charge in [-0.05, 0) is 49.2 Å². The largest absolute Gasteiger partial charge is 0.493 e. The van der Waals surface area contributed by atoms with E-state index in [-0.39, 0.29) is 11.8 Å². The topological polar surface area (TPSA) is 89.6 Å². The molecule has 0 aliphatic heterocycles. The van der Waals surface area contributed by atoms with Crippen LogP contribution in [0.1, 0.15) is 33.3 Å². The molecule has 1 aliphatic rings. The van der Waals surface area contributed by atoms with Crippen LogP contribution in [0.4, 0.5) is 15.2 Å². The smallest absolute Gasteiger partial charge is 0.257 e. The highest BCUT2D eigenvalue weighted by Gasteiger charge is 2.33. The van der Waals surface area contributed by atoms with E-state index in [0.717, 1.165) is 4.88 Å². The van der Waals surface area contributed by atoms with Crippen LogP contribution in [0, 0.1) is 5.82 Å². The van der Waals surface area contributed by atoms with Crippen molar-refractivity contribution >= 4 is 34.0 Å². The van der Waals surface area contributed by atoms with Gasteiger partial charge in [0.05, 0.1) is 25.8 Å². The van der Waals surface area contributed by atoms with Crippen LogP contribution in [0.5, 0.6) is 11.5 Å². The summed E-state index contributed by atoms with van der Waals surface area (Å²) in [4.78, 5) is 30.7. The van der Waals surface area contributed by atoms with Crippen LogP contribution in [-0.2, 0) is 11.2 Å². The van der Waals surface area contributed by atoms with Gasteiger partial charge in [0.2, 0.25) is 5.91 Å². The molecule has 7 nitrogen and oxygen atoms in total. The second kappa shape index (κ2) is 8.73. The van der Waals surface area contributed by atoms with Crippen molar-refractivity contribution in [1.29, 1.82) is 0 Å². The Kier molecular flexibility index (Phi) is 5.85. The number of hydrogen-bond acceptors (Lipinski definition) is 6. The Bertz CT molecular complexity index is 1130. The fourth-order valence-electron chi connectivity index (χ4n) is 3.45. The lowest BCUT2D eigenvalue weighted by Gasteiger charge is -2.13. The minimum atomic E-state index is -0.409. The standard InChI is InChI=1S/C22H20FN3O4S/c1-29-16-9-7-14(11-17(16)30-2)24-21(28)15-8-10-18-19(15)25-22(31-18)26-20(27)12-3-5-13(23)6-4-12/h3-7,9,11,15H,8,10H2,1-2H3,(H,24,28)(H,25,26,27). The zero-order valence-corrected chi connectivity index (χ0v) is 17.7. The average Bonchev–Trinajstić information content (AvgIpc) is 3.34. The third kappa shape index (κ3) is 4.36. The van der Waals surface area contributed by atoms with Crippen LogP contribution < -0.4 is 20.1 Å². The van der Waals surface area contributed by atoms with Crippen LogP contribution in [0.3, 0.4) is 0 Å². The van der Waals surface area contributed by atoms with Crippen LogP contribution in [0.15, 0.2) is 42.5 Å². The number of benzene rings is 2. The molecule has 2 amide bonds. The summed E-state index contributed by atoms with van der Waals surface area (Å²) in [5.41, 5.74) is 1.60. The zero-order chi connectivity index (χ0) is 22.0. The predicted molar refractivity (Wildman–Crippen MR) is 116 cm³/mol. The number of aromatic nitrogens is 1. The number of rotatable bonds is 6. The van der Waals surface area contributed by atoms with Crippen LogP contribution in [-0.4, -0.2) is 31.0 Å². The first-order valence-corrected chi connectivity index (χ1v) is 10.4. The van der Waals surface area contributed by atoms with Gasteiger partial charge in [0.25, 0.3) is 5.91 Å². The number of hydrogen-bond donors (Lipinski definition) is 2. The highest BCUT2D eigenvalue weighted by molar-refractivity contribution is 7.16. The van der Waals surface area contributed by atoms with Crippen molar-refractivity contribution in [2.75, 3.05) is 24.9 Å². The minimum absolute atomic E-state index is 0.173. The number of carbonyl (C=O) groups excluding carboxylic acids is 2. The Balaban J connectivity index is 1.46. The summed E-state index contributed by atoms with van der Waals surface area (Å²) in [6, 6.07) is 10.4. The summed E-state index contributed by atoms with van der Waals surface area (Å²) in [5, 5.41) is 6.05. The van der Waals surface area contributed by atoms with E-state index in [9.17, 15) is 14.0 Å². The summed E-state index contributed by atoms with van der Waals surface area (Å²) in [5.74, 6) is -0.271. The fraction of sp³-hybridized carbons (Fsp3) is 0.227. The van der Waals surface area contributed by atoms with Crippen LogP contribution in [0.2, 0.25) is 0 Å². The van der Waals surface area contributed by atoms with E-state index in [1.165, 1.54) is 42.7 Å². The van der Waals surface area contributed by atoms with Gasteiger partial charge < -0.3 is 14.8 Å². The number of anilines is 2. The maximum atomic E-state index is 13.0. The second-order valence-corrected chi connectivity index (χ2v) is 8.02. The van der Waals surface area contributed by atoms with Crippen LogP contribution in [0.25, 0.3) is 0 Å². The molecule has 1 aromatic heterocycles. The number of aryl methyl sites for hydroxylation is 1. The summed E-state index contributed by atoms with van der Waals surface area (Å²) < 4.78 is 23.5. The molecule has 160 valence electrons. The predicted octanol–water partition coefficient (Wildman–Crippen LogP) is 4.22. The maximum absolute atomic E-state index is 13.0. The number of thiazole rings is 1. The lowest BCUT2D eigenvalue weighted by atomic mass is 10.1. The van der Waals surface area contributed by atoms with E-state index in [1.54, 1.807) is 25.3 Å². The van der Waals surface area contributed by atoms with Crippen molar-refractivity contribution in [2.45, 2.75) is 18.8 Å². The van der Waals surface area contributed by atoms with Crippen molar-refractivity contribution in [3.05, 3.63) is 64.4 Å². The number of nitrogens with zero attached hydrogens (tertiary/aromatic N) is 1. The van der Waals surface area contributed by atoms with Gasteiger partial charge in [0.1, 0.15) is 5.82 Å². The molecule has 0 saturated carbocycles. The highest BCUT2D eigenvalue weighted by Crippen LogP contribution is 2.39. The molecule has 0 radical (unpaired) electrons. The summed E-state index contributed by atoms with van der Waals surface area (Å²) in [6.45, 7) is 0. The number of methoxy groups -OCH3 is 2. The first-order valence-electron chi connectivity index (χ1n) is 9.58. The van der Waals surface area contributed by atoms with Crippen molar-refractivity contribution in [3.8, 4) is 11.5 Å². The van der Waals surface area contributed by atoms with Crippen molar-refractivity contribution in [2.24, 2.45) is 0 Å². The van der Waals surface area contributed by atoms with Gasteiger partial charge in [0.15, 0.2) is 16.6 Å². The molecule has 0 fully saturated rings. The quantitative estimate of drug-likeness (QED) is 0.598. The van der Waals surface area contributed by atoms with Gasteiger partial charge in [-0.15, -0.1) is 11.3 Å². The molecule has 31 heavy (non-hydrogen) atoms. The Morgan fingerprint density at radius 1 is 1.06 bits per heavy atom. The third-order valence-electron chi connectivity index (χ3n) is 5.01. The van der Waals surface area contributed by atoms with Gasteiger partial charge in [-0.1, -0.05) is 0 Å². The minimum Gasteiger partial charge on any atom is -0.493 e. The highest BCUT2D eigenvalue weighted by atomic mass is 32.1. The van der Waals surface area contributed by atoms with E-state index in [0.29, 0.717) is 46.4 Å². The number of nitrogens with one attached hydrogen (secondary N) is 2. The lowest BCUT2D eigenvalue weighted by Crippen LogP contribution is -2.20. The van der Waals surface area contributed by atoms with Crippen LogP contribution >= 0.6 is 11.3 Å². The average molecular weight is 441 g/mol. The molecule has 1 unspecified atom stereocenters. The summed E-state index contributed by atoms with van der Waals surface area (Å²) in [7, 11) is 3.08. The monoisotopic (exact) mass is 441 g/mol. The van der Waals surface area contributed by atoms with Gasteiger partial charge >= 0.3 is 0 Å². The van der Waals surface area contributed by atoms with Crippen molar-refractivity contribution in [1.82, 2.24) is 4.98 Å². The van der Waals surface area contributed by atoms with E-state index in [2.05, 4.69) is 15.6 Å². The van der Waals surface area contributed by atoms with Crippen molar-refractivity contribution < 1.29 is 23.5 Å². The van der Waals surface area contributed by atoms with Crippen molar-refractivity contribution in [3.63, 3.8) is 0 Å². The number of amides is 2. The first-order chi connectivity index (χ1) is 15.0. The molecule has 9 heteroatoms. The Hall–Kier alpha value is -3.46. The normalized spacial score (nSPS) is 14.6. The Labute approximate surface area is 182 Å². The van der Waals surface area contributed by atoms with E-state index in [1.807, 2.05) is 0 Å². The Morgan fingerprint density at radius 2 is 1.81 bits per heavy atom. The van der Waals surface area contributed by atoms with Gasteiger partial charge in [-0.2, -0.15) is 0 Å². The molecule has 1 atom stereocenters.